The van der Waals surface area contributed by atoms with Crippen LogP contribution < -0.4 is 5.73 Å². The van der Waals surface area contributed by atoms with Crippen molar-refractivity contribution >= 4 is 0 Å². The molecule has 0 amide bonds. The monoisotopic (exact) mass is 211 g/mol. The molecule has 2 saturated carbocycles. The molecule has 0 aliphatic heterocycles. The SMILES string of the molecule is NC1CCCC(OC2CCCCCC2)C1. The first kappa shape index (κ1) is 11.4. The van der Waals surface area contributed by atoms with Crippen LogP contribution in [-0.2, 0) is 4.74 Å². The molecule has 2 fully saturated rings. The van der Waals surface area contributed by atoms with E-state index in [0.29, 0.717) is 18.2 Å². The Hall–Kier alpha value is -0.0800. The van der Waals surface area contributed by atoms with Gasteiger partial charge in [-0.25, -0.2) is 0 Å². The minimum Gasteiger partial charge on any atom is -0.375 e. The largest absolute Gasteiger partial charge is 0.375 e. The third kappa shape index (κ3) is 3.76. The molecule has 0 heterocycles. The van der Waals surface area contributed by atoms with Crippen LogP contribution in [0.4, 0.5) is 0 Å². The Morgan fingerprint density at radius 3 is 2.07 bits per heavy atom. The predicted octanol–water partition coefficient (Wildman–Crippen LogP) is 3.00. The van der Waals surface area contributed by atoms with E-state index in [1.165, 1.54) is 57.8 Å². The van der Waals surface area contributed by atoms with Gasteiger partial charge in [0.05, 0.1) is 12.2 Å². The molecular formula is C13H25NO. The van der Waals surface area contributed by atoms with Gasteiger partial charge in [0, 0.05) is 6.04 Å². The number of hydrogen-bond donors (Lipinski definition) is 1. The molecule has 2 aliphatic carbocycles. The summed E-state index contributed by atoms with van der Waals surface area (Å²) in [4.78, 5) is 0. The van der Waals surface area contributed by atoms with Gasteiger partial charge >= 0.3 is 0 Å². The van der Waals surface area contributed by atoms with Gasteiger partial charge < -0.3 is 10.5 Å². The van der Waals surface area contributed by atoms with Gasteiger partial charge in [-0.1, -0.05) is 25.7 Å². The molecular weight excluding hydrogens is 186 g/mol. The second-order valence-corrected chi connectivity index (χ2v) is 5.30. The molecule has 0 aromatic carbocycles. The van der Waals surface area contributed by atoms with E-state index in [-0.39, 0.29) is 0 Å². The minimum atomic E-state index is 0.398. The highest BCUT2D eigenvalue weighted by Crippen LogP contribution is 2.26. The molecule has 2 unspecified atom stereocenters. The highest BCUT2D eigenvalue weighted by atomic mass is 16.5. The Labute approximate surface area is 93.6 Å². The van der Waals surface area contributed by atoms with Gasteiger partial charge in [0.25, 0.3) is 0 Å². The van der Waals surface area contributed by atoms with Crippen LogP contribution in [0.3, 0.4) is 0 Å². The summed E-state index contributed by atoms with van der Waals surface area (Å²) in [6.07, 6.45) is 13.9. The van der Waals surface area contributed by atoms with Crippen LogP contribution in [0.2, 0.25) is 0 Å². The lowest BCUT2D eigenvalue weighted by molar-refractivity contribution is -0.0389. The minimum absolute atomic E-state index is 0.398. The van der Waals surface area contributed by atoms with Gasteiger partial charge in [0.15, 0.2) is 0 Å². The van der Waals surface area contributed by atoms with Crippen molar-refractivity contribution in [2.45, 2.75) is 82.5 Å². The molecule has 0 spiro atoms. The van der Waals surface area contributed by atoms with Crippen LogP contribution in [0.15, 0.2) is 0 Å². The summed E-state index contributed by atoms with van der Waals surface area (Å²) < 4.78 is 6.20. The molecule has 0 aromatic heterocycles. The van der Waals surface area contributed by atoms with Crippen molar-refractivity contribution in [3.8, 4) is 0 Å². The lowest BCUT2D eigenvalue weighted by Gasteiger charge is -2.30. The van der Waals surface area contributed by atoms with E-state index >= 15 is 0 Å². The van der Waals surface area contributed by atoms with E-state index < -0.39 is 0 Å². The zero-order valence-corrected chi connectivity index (χ0v) is 9.79. The van der Waals surface area contributed by atoms with Crippen LogP contribution in [0.1, 0.15) is 64.2 Å². The molecule has 2 nitrogen and oxygen atoms in total. The van der Waals surface area contributed by atoms with Crippen molar-refractivity contribution < 1.29 is 4.74 Å². The summed E-state index contributed by atoms with van der Waals surface area (Å²) in [7, 11) is 0. The van der Waals surface area contributed by atoms with E-state index in [2.05, 4.69) is 0 Å². The molecule has 2 heteroatoms. The standard InChI is InChI=1S/C13H25NO/c14-11-6-5-9-13(10-11)15-12-7-3-1-2-4-8-12/h11-13H,1-10,14H2. The summed E-state index contributed by atoms with van der Waals surface area (Å²) >= 11 is 0. The third-order valence-electron chi connectivity index (χ3n) is 3.85. The lowest BCUT2D eigenvalue weighted by atomic mass is 9.93. The first-order valence-corrected chi connectivity index (χ1v) is 6.75. The van der Waals surface area contributed by atoms with Crippen molar-refractivity contribution in [2.75, 3.05) is 0 Å². The predicted molar refractivity (Wildman–Crippen MR) is 62.8 cm³/mol. The number of ether oxygens (including phenoxy) is 1. The fraction of sp³-hybridized carbons (Fsp3) is 1.00. The Morgan fingerprint density at radius 2 is 1.40 bits per heavy atom. The van der Waals surface area contributed by atoms with Gasteiger partial charge in [0.2, 0.25) is 0 Å². The Bertz CT molecular complexity index is 175. The molecule has 0 aromatic rings. The fourth-order valence-electron chi connectivity index (χ4n) is 2.95. The van der Waals surface area contributed by atoms with Crippen LogP contribution in [0.25, 0.3) is 0 Å². The van der Waals surface area contributed by atoms with E-state index in [4.69, 9.17) is 10.5 Å². The Kier molecular flexibility index (Phi) is 4.45. The molecule has 0 saturated heterocycles. The van der Waals surface area contributed by atoms with Crippen LogP contribution in [0, 0.1) is 0 Å². The molecule has 0 bridgehead atoms. The van der Waals surface area contributed by atoms with E-state index in [9.17, 15) is 0 Å². The van der Waals surface area contributed by atoms with Crippen LogP contribution in [0.5, 0.6) is 0 Å². The molecule has 88 valence electrons. The van der Waals surface area contributed by atoms with Gasteiger partial charge in [-0.15, -0.1) is 0 Å². The maximum Gasteiger partial charge on any atom is 0.0593 e. The second kappa shape index (κ2) is 5.86. The van der Waals surface area contributed by atoms with Gasteiger partial charge in [-0.2, -0.15) is 0 Å². The van der Waals surface area contributed by atoms with E-state index in [1.807, 2.05) is 0 Å². The van der Waals surface area contributed by atoms with Gasteiger partial charge in [0.1, 0.15) is 0 Å². The van der Waals surface area contributed by atoms with Crippen molar-refractivity contribution in [2.24, 2.45) is 5.73 Å². The summed E-state index contributed by atoms with van der Waals surface area (Å²) in [6, 6.07) is 0.398. The average molecular weight is 211 g/mol. The van der Waals surface area contributed by atoms with Gasteiger partial charge in [-0.3, -0.25) is 0 Å². The number of hydrogen-bond acceptors (Lipinski definition) is 2. The zero-order chi connectivity index (χ0) is 10.5. The normalized spacial score (nSPS) is 35.0. The summed E-state index contributed by atoms with van der Waals surface area (Å²) in [5.74, 6) is 0. The second-order valence-electron chi connectivity index (χ2n) is 5.30. The molecule has 2 N–H and O–H groups in total. The average Bonchev–Trinajstić information content (AvgIpc) is 2.46. The first-order chi connectivity index (χ1) is 7.34. The Balaban J connectivity index is 1.74. The van der Waals surface area contributed by atoms with Crippen LogP contribution >= 0.6 is 0 Å². The smallest absolute Gasteiger partial charge is 0.0593 e. The molecule has 2 atom stereocenters. The topological polar surface area (TPSA) is 35.2 Å². The van der Waals surface area contributed by atoms with Crippen molar-refractivity contribution in [1.29, 1.82) is 0 Å². The highest BCUT2D eigenvalue weighted by molar-refractivity contribution is 4.77. The first-order valence-electron chi connectivity index (χ1n) is 6.75. The molecule has 2 aliphatic rings. The number of nitrogens with two attached hydrogens (primary N) is 1. The maximum absolute atomic E-state index is 6.20. The Morgan fingerprint density at radius 1 is 0.733 bits per heavy atom. The van der Waals surface area contributed by atoms with Crippen molar-refractivity contribution in [3.63, 3.8) is 0 Å². The molecule has 2 rings (SSSR count). The fourth-order valence-corrected chi connectivity index (χ4v) is 2.95. The summed E-state index contributed by atoms with van der Waals surface area (Å²) in [5, 5.41) is 0. The van der Waals surface area contributed by atoms with Crippen molar-refractivity contribution in [3.05, 3.63) is 0 Å². The van der Waals surface area contributed by atoms with Gasteiger partial charge in [-0.05, 0) is 38.5 Å². The summed E-state index contributed by atoms with van der Waals surface area (Å²) in [5.41, 5.74) is 5.98. The van der Waals surface area contributed by atoms with E-state index in [0.717, 1.165) is 6.42 Å². The lowest BCUT2D eigenvalue weighted by Crippen LogP contribution is -2.34. The number of rotatable bonds is 2. The van der Waals surface area contributed by atoms with E-state index in [1.54, 1.807) is 0 Å². The maximum atomic E-state index is 6.20. The highest BCUT2D eigenvalue weighted by Gasteiger charge is 2.23. The quantitative estimate of drug-likeness (QED) is 0.713. The van der Waals surface area contributed by atoms with Crippen LogP contribution in [-0.4, -0.2) is 18.2 Å². The molecule has 15 heavy (non-hydrogen) atoms. The zero-order valence-electron chi connectivity index (χ0n) is 9.79. The summed E-state index contributed by atoms with van der Waals surface area (Å²) in [6.45, 7) is 0. The third-order valence-corrected chi connectivity index (χ3v) is 3.85. The molecule has 0 radical (unpaired) electrons. The van der Waals surface area contributed by atoms with Crippen molar-refractivity contribution in [1.82, 2.24) is 0 Å².